The molecule has 5 heteroatoms. The van der Waals surface area contributed by atoms with E-state index in [9.17, 15) is 0 Å². The Hall–Kier alpha value is -1.98. The summed E-state index contributed by atoms with van der Waals surface area (Å²) in [5, 5.41) is 3.50. The molecule has 0 aliphatic carbocycles. The molecule has 4 nitrogen and oxygen atoms in total. The minimum atomic E-state index is 0.507. The molecule has 0 amide bonds. The number of hydrogen-bond donors (Lipinski definition) is 1. The molecular formula is C18H20N4S. The highest BCUT2D eigenvalue weighted by molar-refractivity contribution is 7.98. The van der Waals surface area contributed by atoms with E-state index in [0.29, 0.717) is 6.04 Å². The van der Waals surface area contributed by atoms with E-state index in [0.717, 1.165) is 25.2 Å². The van der Waals surface area contributed by atoms with E-state index in [2.05, 4.69) is 62.6 Å². The molecule has 0 radical (unpaired) electrons. The zero-order chi connectivity index (χ0) is 15.6. The monoisotopic (exact) mass is 324 g/mol. The normalized spacial score (nSPS) is 18.5. The molecule has 118 valence electrons. The highest BCUT2D eigenvalue weighted by Gasteiger charge is 2.21. The molecule has 23 heavy (non-hydrogen) atoms. The topological polar surface area (TPSA) is 33.1 Å². The van der Waals surface area contributed by atoms with Gasteiger partial charge in [-0.3, -0.25) is 8.96 Å². The second-order valence-electron chi connectivity index (χ2n) is 5.92. The van der Waals surface area contributed by atoms with Crippen LogP contribution in [-0.2, 0) is 0 Å². The average Bonchev–Trinajstić information content (AvgIpc) is 2.95. The zero-order valence-corrected chi connectivity index (χ0v) is 14.0. The van der Waals surface area contributed by atoms with Crippen LogP contribution >= 0.6 is 11.9 Å². The first-order valence-electron chi connectivity index (χ1n) is 7.99. The third-order valence-corrected chi connectivity index (χ3v) is 5.14. The Bertz CT molecular complexity index is 799. The predicted molar refractivity (Wildman–Crippen MR) is 97.1 cm³/mol. The fourth-order valence-electron chi connectivity index (χ4n) is 3.07. The van der Waals surface area contributed by atoms with Gasteiger partial charge in [0.25, 0.3) is 0 Å². The first-order chi connectivity index (χ1) is 11.3. The Morgan fingerprint density at radius 2 is 2.04 bits per heavy atom. The van der Waals surface area contributed by atoms with Gasteiger partial charge in [0.15, 0.2) is 0 Å². The molecule has 3 aromatic rings. The summed E-state index contributed by atoms with van der Waals surface area (Å²) < 4.78 is 2.24. The first-order valence-corrected chi connectivity index (χ1v) is 8.76. The minimum Gasteiger partial charge on any atom is -0.366 e. The molecule has 2 aromatic heterocycles. The highest BCUT2D eigenvalue weighted by Crippen LogP contribution is 2.33. The predicted octanol–water partition coefficient (Wildman–Crippen LogP) is 3.39. The van der Waals surface area contributed by atoms with E-state index in [1.807, 2.05) is 18.3 Å². The van der Waals surface area contributed by atoms with Gasteiger partial charge in [-0.15, -0.1) is 0 Å². The lowest BCUT2D eigenvalue weighted by atomic mass is 10.2. The lowest BCUT2D eigenvalue weighted by Gasteiger charge is -2.32. The third-order valence-electron chi connectivity index (χ3n) is 4.16. The molecule has 3 heterocycles. The maximum absolute atomic E-state index is 4.65. The lowest BCUT2D eigenvalue weighted by molar-refractivity contribution is 0.485. The largest absolute Gasteiger partial charge is 0.366 e. The Morgan fingerprint density at radius 1 is 1.17 bits per heavy atom. The number of nitrogens with one attached hydrogen (secondary N) is 1. The van der Waals surface area contributed by atoms with Crippen molar-refractivity contribution in [3.8, 4) is 0 Å². The van der Waals surface area contributed by atoms with E-state index in [4.69, 9.17) is 0 Å². The van der Waals surface area contributed by atoms with Gasteiger partial charge in [-0.2, -0.15) is 0 Å². The number of rotatable bonds is 3. The van der Waals surface area contributed by atoms with Crippen LogP contribution in [0, 0.1) is 0 Å². The number of aromatic nitrogens is 2. The number of benzene rings is 1. The lowest BCUT2D eigenvalue weighted by Crippen LogP contribution is -2.49. The van der Waals surface area contributed by atoms with Crippen LogP contribution in [0.3, 0.4) is 0 Å². The number of piperazine rings is 1. The van der Waals surface area contributed by atoms with E-state index in [1.165, 1.54) is 16.1 Å². The summed E-state index contributed by atoms with van der Waals surface area (Å²) in [7, 11) is 0. The summed E-state index contributed by atoms with van der Waals surface area (Å²) in [5.74, 6) is 0. The third kappa shape index (κ3) is 2.94. The van der Waals surface area contributed by atoms with Crippen LogP contribution < -0.4 is 10.2 Å². The summed E-state index contributed by atoms with van der Waals surface area (Å²) in [6.07, 6.45) is 4.11. The number of hydrogen-bond acceptors (Lipinski definition) is 4. The molecular weight excluding hydrogens is 304 g/mol. The van der Waals surface area contributed by atoms with Gasteiger partial charge in [0, 0.05) is 43.0 Å². The van der Waals surface area contributed by atoms with E-state index >= 15 is 0 Å². The van der Waals surface area contributed by atoms with Crippen LogP contribution in [0.1, 0.15) is 6.92 Å². The molecule has 0 bridgehead atoms. The van der Waals surface area contributed by atoms with Crippen molar-refractivity contribution in [2.45, 2.75) is 17.9 Å². The molecule has 1 aromatic carbocycles. The highest BCUT2D eigenvalue weighted by atomic mass is 32.2. The van der Waals surface area contributed by atoms with Crippen molar-refractivity contribution in [1.29, 1.82) is 0 Å². The first kappa shape index (κ1) is 14.6. The second-order valence-corrected chi connectivity index (χ2v) is 6.96. The van der Waals surface area contributed by atoms with Gasteiger partial charge >= 0.3 is 0 Å². The fraction of sp³-hybridized carbons (Fsp3) is 0.278. The van der Waals surface area contributed by atoms with Gasteiger partial charge in [0.1, 0.15) is 5.52 Å². The maximum atomic E-state index is 4.65. The van der Waals surface area contributed by atoms with E-state index in [-0.39, 0.29) is 0 Å². The molecule has 1 atom stereocenters. The Labute approximate surface area is 140 Å². The summed E-state index contributed by atoms with van der Waals surface area (Å²) >= 11 is 1.74. The number of pyridine rings is 1. The van der Waals surface area contributed by atoms with Crippen LogP contribution in [0.4, 0.5) is 5.69 Å². The molecule has 1 aliphatic heterocycles. The van der Waals surface area contributed by atoms with Crippen molar-refractivity contribution < 1.29 is 0 Å². The van der Waals surface area contributed by atoms with Crippen molar-refractivity contribution >= 4 is 28.7 Å². The standard InChI is InChI=1S/C18H20N4S/c1-14-12-21(11-10-19-14)17-13-22(16-8-5-9-20-18(16)17)23-15-6-3-2-4-7-15/h2-9,13-14,19H,10-12H2,1H3. The van der Waals surface area contributed by atoms with Crippen molar-refractivity contribution in [3.63, 3.8) is 0 Å². The SMILES string of the molecule is CC1CN(c2cn(Sc3ccccc3)c3cccnc23)CCN1. The van der Waals surface area contributed by atoms with Crippen LogP contribution in [0.25, 0.3) is 11.0 Å². The van der Waals surface area contributed by atoms with Gasteiger partial charge in [0.05, 0.1) is 11.2 Å². The average molecular weight is 324 g/mol. The summed E-state index contributed by atoms with van der Waals surface area (Å²) in [6.45, 7) is 5.30. The number of nitrogens with zero attached hydrogens (tertiary/aromatic N) is 3. The smallest absolute Gasteiger partial charge is 0.112 e. The molecule has 1 aliphatic rings. The molecule has 4 rings (SSSR count). The number of fused-ring (bicyclic) bond motifs is 1. The maximum Gasteiger partial charge on any atom is 0.112 e. The summed E-state index contributed by atoms with van der Waals surface area (Å²) in [6, 6.07) is 15.1. The van der Waals surface area contributed by atoms with Crippen molar-refractivity contribution in [1.82, 2.24) is 14.3 Å². The van der Waals surface area contributed by atoms with Crippen molar-refractivity contribution in [2.24, 2.45) is 0 Å². The molecule has 0 spiro atoms. The second kappa shape index (κ2) is 6.26. The Kier molecular flexibility index (Phi) is 3.97. The van der Waals surface area contributed by atoms with Crippen molar-refractivity contribution in [3.05, 3.63) is 54.9 Å². The van der Waals surface area contributed by atoms with Gasteiger partial charge in [0.2, 0.25) is 0 Å². The fourth-order valence-corrected chi connectivity index (χ4v) is 3.97. The van der Waals surface area contributed by atoms with Gasteiger partial charge in [-0.1, -0.05) is 18.2 Å². The molecule has 0 saturated carbocycles. The zero-order valence-electron chi connectivity index (χ0n) is 13.1. The Balaban J connectivity index is 1.74. The quantitative estimate of drug-likeness (QED) is 0.800. The van der Waals surface area contributed by atoms with Crippen LogP contribution in [-0.4, -0.2) is 34.6 Å². The van der Waals surface area contributed by atoms with Crippen LogP contribution in [0.5, 0.6) is 0 Å². The molecule has 1 fully saturated rings. The summed E-state index contributed by atoms with van der Waals surface area (Å²) in [4.78, 5) is 8.32. The molecule has 1 unspecified atom stereocenters. The van der Waals surface area contributed by atoms with Crippen LogP contribution in [0.15, 0.2) is 59.8 Å². The molecule has 1 N–H and O–H groups in total. The van der Waals surface area contributed by atoms with Crippen molar-refractivity contribution in [2.75, 3.05) is 24.5 Å². The van der Waals surface area contributed by atoms with Gasteiger partial charge in [-0.05, 0) is 43.1 Å². The molecule has 1 saturated heterocycles. The van der Waals surface area contributed by atoms with Crippen LogP contribution in [0.2, 0.25) is 0 Å². The van der Waals surface area contributed by atoms with E-state index in [1.54, 1.807) is 11.9 Å². The van der Waals surface area contributed by atoms with Gasteiger partial charge < -0.3 is 10.2 Å². The summed E-state index contributed by atoms with van der Waals surface area (Å²) in [5.41, 5.74) is 3.49. The van der Waals surface area contributed by atoms with Gasteiger partial charge in [-0.25, -0.2) is 0 Å². The Morgan fingerprint density at radius 3 is 2.87 bits per heavy atom. The minimum absolute atomic E-state index is 0.507. The number of anilines is 1. The van der Waals surface area contributed by atoms with E-state index < -0.39 is 0 Å².